The molecule has 0 saturated heterocycles. The smallest absolute Gasteiger partial charge is 0.349 e. The largest absolute Gasteiger partial charge is 0.482 e. The van der Waals surface area contributed by atoms with Crippen molar-refractivity contribution < 1.29 is 14.3 Å². The molecular weight excluding hydrogens is 276 g/mol. The van der Waals surface area contributed by atoms with E-state index in [0.29, 0.717) is 16.5 Å². The molecule has 0 heterocycles. The van der Waals surface area contributed by atoms with Crippen LogP contribution in [0.25, 0.3) is 0 Å². The van der Waals surface area contributed by atoms with E-state index >= 15 is 0 Å². The summed E-state index contributed by atoms with van der Waals surface area (Å²) in [5.41, 5.74) is 2.06. The standard InChI is InChI=1S/C16H15ClO3/c1-11-3-4-12(2)15(9-11)19-10-16(18)20-14-7-5-13(17)6-8-14/h3-9H,10H2,1-2H3. The minimum Gasteiger partial charge on any atom is -0.482 e. The molecule has 0 radical (unpaired) electrons. The Kier molecular flexibility index (Phi) is 4.64. The molecule has 0 spiro atoms. The van der Waals surface area contributed by atoms with Crippen LogP contribution in [0.3, 0.4) is 0 Å². The van der Waals surface area contributed by atoms with Crippen LogP contribution in [-0.4, -0.2) is 12.6 Å². The highest BCUT2D eigenvalue weighted by molar-refractivity contribution is 6.30. The summed E-state index contributed by atoms with van der Waals surface area (Å²) >= 11 is 5.76. The Morgan fingerprint density at radius 3 is 2.50 bits per heavy atom. The summed E-state index contributed by atoms with van der Waals surface area (Å²) in [5, 5.41) is 0.594. The number of aryl methyl sites for hydroxylation is 2. The second kappa shape index (κ2) is 6.44. The molecule has 0 saturated carbocycles. The fourth-order valence-electron chi connectivity index (χ4n) is 1.66. The number of rotatable bonds is 4. The van der Waals surface area contributed by atoms with Crippen LogP contribution in [0.4, 0.5) is 0 Å². The third-order valence-electron chi connectivity index (χ3n) is 2.73. The molecule has 0 bridgehead atoms. The molecule has 0 atom stereocenters. The summed E-state index contributed by atoms with van der Waals surface area (Å²) in [6, 6.07) is 12.4. The molecule has 0 aromatic heterocycles. The van der Waals surface area contributed by atoms with Crippen LogP contribution < -0.4 is 9.47 Å². The molecule has 0 aliphatic heterocycles. The fourth-order valence-corrected chi connectivity index (χ4v) is 1.79. The molecule has 0 amide bonds. The summed E-state index contributed by atoms with van der Waals surface area (Å²) in [5.74, 6) is 0.690. The van der Waals surface area contributed by atoms with Gasteiger partial charge in [-0.05, 0) is 55.3 Å². The van der Waals surface area contributed by atoms with Crippen LogP contribution >= 0.6 is 11.6 Å². The minimum atomic E-state index is -0.451. The molecule has 0 aliphatic rings. The minimum absolute atomic E-state index is 0.132. The van der Waals surface area contributed by atoms with E-state index in [-0.39, 0.29) is 6.61 Å². The zero-order valence-electron chi connectivity index (χ0n) is 11.4. The molecule has 4 heteroatoms. The van der Waals surface area contributed by atoms with Gasteiger partial charge in [-0.25, -0.2) is 4.79 Å². The van der Waals surface area contributed by atoms with Crippen LogP contribution in [-0.2, 0) is 4.79 Å². The number of esters is 1. The van der Waals surface area contributed by atoms with Crippen molar-refractivity contribution in [2.24, 2.45) is 0 Å². The average molecular weight is 291 g/mol. The van der Waals surface area contributed by atoms with Crippen molar-refractivity contribution in [3.05, 3.63) is 58.6 Å². The molecular formula is C16H15ClO3. The zero-order valence-corrected chi connectivity index (χ0v) is 12.1. The van der Waals surface area contributed by atoms with Gasteiger partial charge in [0.05, 0.1) is 0 Å². The number of benzene rings is 2. The summed E-state index contributed by atoms with van der Waals surface area (Å²) in [4.78, 5) is 11.7. The van der Waals surface area contributed by atoms with E-state index in [2.05, 4.69) is 0 Å². The predicted octanol–water partition coefficient (Wildman–Crippen LogP) is 3.94. The van der Waals surface area contributed by atoms with Gasteiger partial charge in [0.2, 0.25) is 0 Å². The van der Waals surface area contributed by atoms with Crippen molar-refractivity contribution in [3.8, 4) is 11.5 Å². The van der Waals surface area contributed by atoms with Gasteiger partial charge in [0.15, 0.2) is 6.61 Å². The van der Waals surface area contributed by atoms with Gasteiger partial charge in [0.25, 0.3) is 0 Å². The van der Waals surface area contributed by atoms with Crippen molar-refractivity contribution in [3.63, 3.8) is 0 Å². The van der Waals surface area contributed by atoms with Gasteiger partial charge < -0.3 is 9.47 Å². The lowest BCUT2D eigenvalue weighted by atomic mass is 10.1. The lowest BCUT2D eigenvalue weighted by molar-refractivity contribution is -0.136. The summed E-state index contributed by atoms with van der Waals surface area (Å²) in [7, 11) is 0. The highest BCUT2D eigenvalue weighted by Gasteiger charge is 2.07. The number of hydrogen-bond donors (Lipinski definition) is 0. The SMILES string of the molecule is Cc1ccc(C)c(OCC(=O)Oc2ccc(Cl)cc2)c1. The Labute approximate surface area is 123 Å². The second-order valence-corrected chi connectivity index (χ2v) is 4.92. The molecule has 0 N–H and O–H groups in total. The lowest BCUT2D eigenvalue weighted by Gasteiger charge is -2.09. The first kappa shape index (κ1) is 14.4. The predicted molar refractivity (Wildman–Crippen MR) is 78.5 cm³/mol. The molecule has 0 fully saturated rings. The quantitative estimate of drug-likeness (QED) is 0.632. The van der Waals surface area contributed by atoms with E-state index in [4.69, 9.17) is 21.1 Å². The molecule has 2 aromatic rings. The number of carbonyl (C=O) groups excluding carboxylic acids is 1. The molecule has 104 valence electrons. The van der Waals surface area contributed by atoms with Crippen molar-refractivity contribution in [1.29, 1.82) is 0 Å². The maximum Gasteiger partial charge on any atom is 0.349 e. The van der Waals surface area contributed by atoms with Crippen LogP contribution in [0.2, 0.25) is 5.02 Å². The number of ether oxygens (including phenoxy) is 2. The topological polar surface area (TPSA) is 35.5 Å². The lowest BCUT2D eigenvalue weighted by Crippen LogP contribution is -2.18. The van der Waals surface area contributed by atoms with E-state index in [0.717, 1.165) is 11.1 Å². The van der Waals surface area contributed by atoms with E-state index in [1.807, 2.05) is 32.0 Å². The summed E-state index contributed by atoms with van der Waals surface area (Å²) in [6.07, 6.45) is 0. The average Bonchev–Trinajstić information content (AvgIpc) is 2.42. The van der Waals surface area contributed by atoms with Gasteiger partial charge in [-0.15, -0.1) is 0 Å². The van der Waals surface area contributed by atoms with Gasteiger partial charge in [0.1, 0.15) is 11.5 Å². The van der Waals surface area contributed by atoms with Crippen molar-refractivity contribution >= 4 is 17.6 Å². The summed E-state index contributed by atoms with van der Waals surface area (Å²) < 4.78 is 10.6. The normalized spacial score (nSPS) is 10.2. The Hall–Kier alpha value is -2.00. The van der Waals surface area contributed by atoms with Gasteiger partial charge >= 0.3 is 5.97 Å². The van der Waals surface area contributed by atoms with E-state index in [9.17, 15) is 4.79 Å². The van der Waals surface area contributed by atoms with Crippen molar-refractivity contribution in [1.82, 2.24) is 0 Å². The van der Waals surface area contributed by atoms with Gasteiger partial charge in [-0.2, -0.15) is 0 Å². The molecule has 0 unspecified atom stereocenters. The van der Waals surface area contributed by atoms with Crippen LogP contribution in [0.15, 0.2) is 42.5 Å². The van der Waals surface area contributed by atoms with E-state index in [1.54, 1.807) is 24.3 Å². The fraction of sp³-hybridized carbons (Fsp3) is 0.188. The van der Waals surface area contributed by atoms with Crippen LogP contribution in [0.1, 0.15) is 11.1 Å². The number of halogens is 1. The Balaban J connectivity index is 1.92. The van der Waals surface area contributed by atoms with Crippen molar-refractivity contribution in [2.45, 2.75) is 13.8 Å². The van der Waals surface area contributed by atoms with Gasteiger partial charge in [-0.1, -0.05) is 23.7 Å². The van der Waals surface area contributed by atoms with Crippen LogP contribution in [0, 0.1) is 13.8 Å². The second-order valence-electron chi connectivity index (χ2n) is 4.49. The first-order valence-corrected chi connectivity index (χ1v) is 6.59. The Morgan fingerprint density at radius 1 is 1.10 bits per heavy atom. The number of carbonyl (C=O) groups is 1. The summed E-state index contributed by atoms with van der Waals surface area (Å²) in [6.45, 7) is 3.77. The van der Waals surface area contributed by atoms with Gasteiger partial charge in [0, 0.05) is 5.02 Å². The first-order valence-electron chi connectivity index (χ1n) is 6.21. The first-order chi connectivity index (χ1) is 9.54. The molecule has 3 nitrogen and oxygen atoms in total. The monoisotopic (exact) mass is 290 g/mol. The van der Waals surface area contributed by atoms with E-state index < -0.39 is 5.97 Å². The van der Waals surface area contributed by atoms with Crippen LogP contribution in [0.5, 0.6) is 11.5 Å². The number of hydrogen-bond acceptors (Lipinski definition) is 3. The highest BCUT2D eigenvalue weighted by atomic mass is 35.5. The maximum atomic E-state index is 11.7. The zero-order chi connectivity index (χ0) is 14.5. The van der Waals surface area contributed by atoms with Gasteiger partial charge in [-0.3, -0.25) is 0 Å². The molecule has 0 aliphatic carbocycles. The third-order valence-corrected chi connectivity index (χ3v) is 2.99. The van der Waals surface area contributed by atoms with E-state index in [1.165, 1.54) is 0 Å². The Bertz CT molecular complexity index is 606. The third kappa shape index (κ3) is 4.00. The molecule has 2 aromatic carbocycles. The Morgan fingerprint density at radius 2 is 1.80 bits per heavy atom. The molecule has 2 rings (SSSR count). The van der Waals surface area contributed by atoms with Crippen molar-refractivity contribution in [2.75, 3.05) is 6.61 Å². The molecule has 20 heavy (non-hydrogen) atoms. The highest BCUT2D eigenvalue weighted by Crippen LogP contribution is 2.19. The maximum absolute atomic E-state index is 11.7.